The highest BCUT2D eigenvalue weighted by Crippen LogP contribution is 2.42. The SMILES string of the molecule is Cc1ccc(CCNC(=O)/C=C2\SC3CCCCC3N(Cc3ccc(C)cc3)C2=O)cc1. The summed E-state index contributed by atoms with van der Waals surface area (Å²) in [7, 11) is 0. The van der Waals surface area contributed by atoms with Crippen molar-refractivity contribution in [3.05, 3.63) is 81.8 Å². The molecule has 0 spiro atoms. The number of hydrogen-bond acceptors (Lipinski definition) is 3. The highest BCUT2D eigenvalue weighted by molar-refractivity contribution is 8.04. The van der Waals surface area contributed by atoms with E-state index in [4.69, 9.17) is 0 Å². The van der Waals surface area contributed by atoms with Crippen molar-refractivity contribution in [1.29, 1.82) is 0 Å². The molecule has 1 saturated carbocycles. The first-order valence-corrected chi connectivity index (χ1v) is 12.5. The van der Waals surface area contributed by atoms with Crippen LogP contribution in [0.5, 0.6) is 0 Å². The molecule has 2 amide bonds. The maximum absolute atomic E-state index is 13.4. The summed E-state index contributed by atoms with van der Waals surface area (Å²) in [5.74, 6) is -0.190. The Morgan fingerprint density at radius 3 is 2.31 bits per heavy atom. The summed E-state index contributed by atoms with van der Waals surface area (Å²) in [4.78, 5) is 28.6. The average Bonchev–Trinajstić information content (AvgIpc) is 2.79. The molecule has 1 aliphatic carbocycles. The van der Waals surface area contributed by atoms with Crippen molar-refractivity contribution in [2.45, 2.75) is 63.8 Å². The Morgan fingerprint density at radius 1 is 1.00 bits per heavy atom. The Kier molecular flexibility index (Phi) is 7.36. The molecule has 2 unspecified atom stereocenters. The molecule has 1 saturated heterocycles. The zero-order chi connectivity index (χ0) is 22.5. The van der Waals surface area contributed by atoms with Gasteiger partial charge >= 0.3 is 0 Å². The molecule has 4 rings (SSSR count). The minimum atomic E-state index is -0.183. The van der Waals surface area contributed by atoms with Crippen LogP contribution in [0.1, 0.15) is 47.9 Å². The summed E-state index contributed by atoms with van der Waals surface area (Å²) in [6, 6.07) is 17.0. The number of benzene rings is 2. The Morgan fingerprint density at radius 2 is 1.62 bits per heavy atom. The van der Waals surface area contributed by atoms with E-state index in [1.54, 1.807) is 11.8 Å². The van der Waals surface area contributed by atoms with E-state index in [0.717, 1.165) is 31.2 Å². The highest BCUT2D eigenvalue weighted by Gasteiger charge is 2.40. The number of thioether (sulfide) groups is 1. The van der Waals surface area contributed by atoms with Crippen LogP contribution in [0.4, 0.5) is 0 Å². The summed E-state index contributed by atoms with van der Waals surface area (Å²) in [5.41, 5.74) is 4.78. The first-order chi connectivity index (χ1) is 15.5. The standard InChI is InChI=1S/C27H32N2O2S/c1-19-7-11-21(12-8-19)15-16-28-26(30)17-25-27(31)29(18-22-13-9-20(2)10-14-22)23-5-3-4-6-24(23)32-25/h7-14,17,23-24H,3-6,15-16,18H2,1-2H3,(H,28,30)/b25-17-. The Labute approximate surface area is 195 Å². The summed E-state index contributed by atoms with van der Waals surface area (Å²) in [5, 5.41) is 3.33. The molecule has 1 aliphatic heterocycles. The van der Waals surface area contributed by atoms with Gasteiger partial charge in [-0.25, -0.2) is 0 Å². The van der Waals surface area contributed by atoms with Crippen molar-refractivity contribution in [1.82, 2.24) is 10.2 Å². The van der Waals surface area contributed by atoms with Crippen molar-refractivity contribution >= 4 is 23.6 Å². The molecule has 0 bridgehead atoms. The minimum absolute atomic E-state index is 0.00703. The van der Waals surface area contributed by atoms with Crippen LogP contribution in [-0.4, -0.2) is 34.6 Å². The largest absolute Gasteiger partial charge is 0.352 e. The van der Waals surface area contributed by atoms with Crippen LogP contribution < -0.4 is 5.32 Å². The fraction of sp³-hybridized carbons (Fsp3) is 0.407. The van der Waals surface area contributed by atoms with Crippen molar-refractivity contribution in [2.24, 2.45) is 0 Å². The third-order valence-corrected chi connectivity index (χ3v) is 7.79. The lowest BCUT2D eigenvalue weighted by atomic mass is 9.92. The lowest BCUT2D eigenvalue weighted by Crippen LogP contribution is -2.51. The van der Waals surface area contributed by atoms with E-state index < -0.39 is 0 Å². The molecular formula is C27H32N2O2S. The van der Waals surface area contributed by atoms with E-state index >= 15 is 0 Å². The van der Waals surface area contributed by atoms with Gasteiger partial charge in [-0.3, -0.25) is 9.59 Å². The van der Waals surface area contributed by atoms with Crippen LogP contribution >= 0.6 is 11.8 Å². The van der Waals surface area contributed by atoms with E-state index in [-0.39, 0.29) is 17.9 Å². The second-order valence-corrected chi connectivity index (χ2v) is 10.2. The number of amides is 2. The van der Waals surface area contributed by atoms with Crippen molar-refractivity contribution in [3.63, 3.8) is 0 Å². The molecule has 1 heterocycles. The van der Waals surface area contributed by atoms with Crippen LogP contribution in [0, 0.1) is 13.8 Å². The average molecular weight is 449 g/mol. The minimum Gasteiger partial charge on any atom is -0.352 e. The third kappa shape index (κ3) is 5.63. The molecule has 2 aliphatic rings. The van der Waals surface area contributed by atoms with E-state index in [9.17, 15) is 9.59 Å². The predicted octanol–water partition coefficient (Wildman–Crippen LogP) is 4.93. The van der Waals surface area contributed by atoms with E-state index in [1.165, 1.54) is 29.2 Å². The van der Waals surface area contributed by atoms with Gasteiger partial charge in [0, 0.05) is 30.5 Å². The number of hydrogen-bond donors (Lipinski definition) is 1. The third-order valence-electron chi connectivity index (χ3n) is 6.39. The number of carbonyl (C=O) groups is 2. The van der Waals surface area contributed by atoms with E-state index in [0.29, 0.717) is 23.2 Å². The molecule has 0 aromatic heterocycles. The van der Waals surface area contributed by atoms with E-state index in [1.807, 2.05) is 4.90 Å². The normalized spacial score (nSPS) is 22.0. The van der Waals surface area contributed by atoms with Crippen LogP contribution in [0.2, 0.25) is 0 Å². The second kappa shape index (κ2) is 10.4. The molecule has 2 aromatic carbocycles. The Balaban J connectivity index is 1.43. The zero-order valence-corrected chi connectivity index (χ0v) is 19.8. The fourth-order valence-corrected chi connectivity index (χ4v) is 5.95. The lowest BCUT2D eigenvalue weighted by Gasteiger charge is -2.44. The van der Waals surface area contributed by atoms with Gasteiger partial charge < -0.3 is 10.2 Å². The van der Waals surface area contributed by atoms with Gasteiger partial charge in [0.2, 0.25) is 5.91 Å². The second-order valence-electron chi connectivity index (χ2n) is 8.96. The number of aryl methyl sites for hydroxylation is 2. The van der Waals surface area contributed by atoms with Crippen molar-refractivity contribution in [3.8, 4) is 0 Å². The summed E-state index contributed by atoms with van der Waals surface area (Å²) in [6.45, 7) is 5.30. The Hall–Kier alpha value is -2.53. The monoisotopic (exact) mass is 448 g/mol. The summed E-state index contributed by atoms with van der Waals surface area (Å²) in [6.07, 6.45) is 6.80. The molecule has 0 radical (unpaired) electrons. The van der Waals surface area contributed by atoms with Crippen LogP contribution in [0.15, 0.2) is 59.5 Å². The van der Waals surface area contributed by atoms with Gasteiger partial charge in [0.1, 0.15) is 0 Å². The number of carbonyl (C=O) groups excluding carboxylic acids is 2. The predicted molar refractivity (Wildman–Crippen MR) is 131 cm³/mol. The quantitative estimate of drug-likeness (QED) is 0.637. The van der Waals surface area contributed by atoms with Gasteiger partial charge in [-0.2, -0.15) is 0 Å². The molecule has 4 nitrogen and oxygen atoms in total. The molecule has 168 valence electrons. The molecule has 5 heteroatoms. The van der Waals surface area contributed by atoms with Gasteiger partial charge in [-0.1, -0.05) is 72.5 Å². The van der Waals surface area contributed by atoms with Crippen LogP contribution in [-0.2, 0) is 22.6 Å². The van der Waals surface area contributed by atoms with E-state index in [2.05, 4.69) is 67.7 Å². The van der Waals surface area contributed by atoms with Crippen LogP contribution in [0.25, 0.3) is 0 Å². The number of nitrogens with one attached hydrogen (secondary N) is 1. The van der Waals surface area contributed by atoms with Gasteiger partial charge in [-0.05, 0) is 44.2 Å². The lowest BCUT2D eigenvalue weighted by molar-refractivity contribution is -0.130. The first kappa shape index (κ1) is 22.7. The van der Waals surface area contributed by atoms with Crippen molar-refractivity contribution in [2.75, 3.05) is 6.54 Å². The molecule has 2 atom stereocenters. The number of rotatable bonds is 6. The molecule has 32 heavy (non-hydrogen) atoms. The molecular weight excluding hydrogens is 416 g/mol. The summed E-state index contributed by atoms with van der Waals surface area (Å²) < 4.78 is 0. The fourth-order valence-electron chi connectivity index (χ4n) is 4.51. The number of fused-ring (bicyclic) bond motifs is 1. The maximum atomic E-state index is 13.4. The molecule has 1 N–H and O–H groups in total. The maximum Gasteiger partial charge on any atom is 0.261 e. The topological polar surface area (TPSA) is 49.4 Å². The number of nitrogens with zero attached hydrogens (tertiary/aromatic N) is 1. The molecule has 2 aromatic rings. The molecule has 2 fully saturated rings. The van der Waals surface area contributed by atoms with Gasteiger partial charge in [0.05, 0.1) is 4.91 Å². The summed E-state index contributed by atoms with van der Waals surface area (Å²) >= 11 is 1.61. The van der Waals surface area contributed by atoms with Gasteiger partial charge in [-0.15, -0.1) is 11.8 Å². The van der Waals surface area contributed by atoms with Crippen LogP contribution in [0.3, 0.4) is 0 Å². The Bertz CT molecular complexity index is 982. The zero-order valence-electron chi connectivity index (χ0n) is 19.0. The first-order valence-electron chi connectivity index (χ1n) is 11.6. The highest BCUT2D eigenvalue weighted by atomic mass is 32.2. The smallest absolute Gasteiger partial charge is 0.261 e. The van der Waals surface area contributed by atoms with Gasteiger partial charge in [0.25, 0.3) is 5.91 Å². The van der Waals surface area contributed by atoms with Crippen molar-refractivity contribution < 1.29 is 9.59 Å². The van der Waals surface area contributed by atoms with Gasteiger partial charge in [0.15, 0.2) is 0 Å².